The van der Waals surface area contributed by atoms with Gasteiger partial charge in [0.2, 0.25) is 0 Å². The molecular formula is C9H14BrNO2. The van der Waals surface area contributed by atoms with Crippen molar-refractivity contribution in [1.29, 1.82) is 0 Å². The van der Waals surface area contributed by atoms with Crippen LogP contribution in [0.15, 0.2) is 21.2 Å². The molecule has 0 spiro atoms. The Morgan fingerprint density at radius 3 is 2.85 bits per heavy atom. The fraction of sp³-hybridized carbons (Fsp3) is 0.556. The number of nitrogens with one attached hydrogen (secondary N) is 1. The minimum atomic E-state index is 0.140. The van der Waals surface area contributed by atoms with Crippen molar-refractivity contribution in [2.45, 2.75) is 13.0 Å². The highest BCUT2D eigenvalue weighted by molar-refractivity contribution is 9.10. The highest BCUT2D eigenvalue weighted by atomic mass is 79.9. The summed E-state index contributed by atoms with van der Waals surface area (Å²) < 4.78 is 11.3. The van der Waals surface area contributed by atoms with Crippen LogP contribution in [0.3, 0.4) is 0 Å². The van der Waals surface area contributed by atoms with Gasteiger partial charge in [0.15, 0.2) is 4.67 Å². The van der Waals surface area contributed by atoms with E-state index < -0.39 is 0 Å². The van der Waals surface area contributed by atoms with Crippen LogP contribution in [-0.4, -0.2) is 20.3 Å². The van der Waals surface area contributed by atoms with Gasteiger partial charge in [-0.15, -0.1) is 0 Å². The van der Waals surface area contributed by atoms with Crippen LogP contribution in [0, 0.1) is 0 Å². The van der Waals surface area contributed by atoms with Gasteiger partial charge in [0.1, 0.15) is 5.76 Å². The summed E-state index contributed by atoms with van der Waals surface area (Å²) in [5.74, 6) is 0.899. The SMILES string of the molecule is CCNC(COC)c1ccc(Br)o1. The van der Waals surface area contributed by atoms with Crippen LogP contribution < -0.4 is 5.32 Å². The van der Waals surface area contributed by atoms with E-state index in [0.717, 1.165) is 17.0 Å². The molecule has 0 saturated carbocycles. The van der Waals surface area contributed by atoms with Crippen LogP contribution in [0.5, 0.6) is 0 Å². The zero-order valence-electron chi connectivity index (χ0n) is 7.84. The number of rotatable bonds is 5. The van der Waals surface area contributed by atoms with Gasteiger partial charge < -0.3 is 14.5 Å². The lowest BCUT2D eigenvalue weighted by Gasteiger charge is -2.13. The zero-order valence-corrected chi connectivity index (χ0v) is 9.43. The first kappa shape index (κ1) is 10.8. The van der Waals surface area contributed by atoms with Crippen LogP contribution >= 0.6 is 15.9 Å². The molecule has 0 amide bonds. The summed E-state index contributed by atoms with van der Waals surface area (Å²) in [5.41, 5.74) is 0. The quantitative estimate of drug-likeness (QED) is 0.868. The summed E-state index contributed by atoms with van der Waals surface area (Å²) in [7, 11) is 1.68. The lowest BCUT2D eigenvalue weighted by molar-refractivity contribution is 0.157. The van der Waals surface area contributed by atoms with Crippen molar-refractivity contribution >= 4 is 15.9 Å². The van der Waals surface area contributed by atoms with E-state index in [9.17, 15) is 0 Å². The third kappa shape index (κ3) is 3.14. The van der Waals surface area contributed by atoms with Crippen molar-refractivity contribution in [3.05, 3.63) is 22.6 Å². The third-order valence-corrected chi connectivity index (χ3v) is 2.15. The average Bonchev–Trinajstić information content (AvgIpc) is 2.51. The van der Waals surface area contributed by atoms with Gasteiger partial charge in [-0.25, -0.2) is 0 Å². The highest BCUT2D eigenvalue weighted by Crippen LogP contribution is 2.20. The molecule has 0 aliphatic rings. The minimum Gasteiger partial charge on any atom is -0.453 e. The number of halogens is 1. The third-order valence-electron chi connectivity index (χ3n) is 1.72. The second kappa shape index (κ2) is 5.42. The Morgan fingerprint density at radius 1 is 1.62 bits per heavy atom. The van der Waals surface area contributed by atoms with Gasteiger partial charge >= 0.3 is 0 Å². The summed E-state index contributed by atoms with van der Waals surface area (Å²) in [4.78, 5) is 0. The van der Waals surface area contributed by atoms with Gasteiger partial charge in [-0.2, -0.15) is 0 Å². The fourth-order valence-electron chi connectivity index (χ4n) is 1.17. The van der Waals surface area contributed by atoms with Crippen LogP contribution in [0.25, 0.3) is 0 Å². The van der Waals surface area contributed by atoms with Gasteiger partial charge in [0.05, 0.1) is 12.6 Å². The first-order valence-electron chi connectivity index (χ1n) is 4.25. The summed E-state index contributed by atoms with van der Waals surface area (Å²) in [6.45, 7) is 3.57. The molecule has 0 aliphatic carbocycles. The predicted octanol–water partition coefficient (Wildman–Crippen LogP) is 2.34. The molecule has 4 heteroatoms. The number of hydrogen-bond donors (Lipinski definition) is 1. The lowest BCUT2D eigenvalue weighted by atomic mass is 10.2. The molecule has 3 nitrogen and oxygen atoms in total. The fourth-order valence-corrected chi connectivity index (χ4v) is 1.49. The molecule has 13 heavy (non-hydrogen) atoms. The van der Waals surface area contributed by atoms with Crippen molar-refractivity contribution < 1.29 is 9.15 Å². The first-order valence-corrected chi connectivity index (χ1v) is 5.04. The largest absolute Gasteiger partial charge is 0.453 e. The molecule has 0 fully saturated rings. The second-order valence-corrected chi connectivity index (χ2v) is 3.49. The van der Waals surface area contributed by atoms with E-state index in [2.05, 4.69) is 28.2 Å². The molecular weight excluding hydrogens is 234 g/mol. The van der Waals surface area contributed by atoms with Crippen LogP contribution in [-0.2, 0) is 4.74 Å². The molecule has 1 N–H and O–H groups in total. The summed E-state index contributed by atoms with van der Waals surface area (Å²) in [6, 6.07) is 3.97. The topological polar surface area (TPSA) is 34.4 Å². The predicted molar refractivity (Wildman–Crippen MR) is 54.7 cm³/mol. The second-order valence-electron chi connectivity index (χ2n) is 2.71. The highest BCUT2D eigenvalue weighted by Gasteiger charge is 2.13. The average molecular weight is 248 g/mol. The monoisotopic (exact) mass is 247 g/mol. The van der Waals surface area contributed by atoms with E-state index in [1.165, 1.54) is 0 Å². The minimum absolute atomic E-state index is 0.140. The Bertz CT molecular complexity index is 244. The molecule has 1 aromatic heterocycles. The normalized spacial score (nSPS) is 13.2. The molecule has 0 radical (unpaired) electrons. The molecule has 1 aromatic rings. The molecule has 1 rings (SSSR count). The smallest absolute Gasteiger partial charge is 0.169 e. The van der Waals surface area contributed by atoms with E-state index >= 15 is 0 Å². The van der Waals surface area contributed by atoms with E-state index in [-0.39, 0.29) is 6.04 Å². The van der Waals surface area contributed by atoms with Crippen molar-refractivity contribution in [1.82, 2.24) is 5.32 Å². The Balaban J connectivity index is 2.63. The Morgan fingerprint density at radius 2 is 2.38 bits per heavy atom. The Labute approximate surface area is 86.6 Å². The van der Waals surface area contributed by atoms with Crippen molar-refractivity contribution in [3.8, 4) is 0 Å². The molecule has 0 bridgehead atoms. The molecule has 1 unspecified atom stereocenters. The van der Waals surface area contributed by atoms with Crippen molar-refractivity contribution in [2.75, 3.05) is 20.3 Å². The number of ether oxygens (including phenoxy) is 1. The molecule has 1 atom stereocenters. The van der Waals surface area contributed by atoms with Crippen LogP contribution in [0.4, 0.5) is 0 Å². The number of hydrogen-bond acceptors (Lipinski definition) is 3. The van der Waals surface area contributed by atoms with Gasteiger partial charge in [-0.1, -0.05) is 6.92 Å². The first-order chi connectivity index (χ1) is 6.27. The number of methoxy groups -OCH3 is 1. The van der Waals surface area contributed by atoms with Crippen molar-refractivity contribution in [2.24, 2.45) is 0 Å². The van der Waals surface area contributed by atoms with E-state index in [1.54, 1.807) is 7.11 Å². The molecule has 0 aromatic carbocycles. The Kier molecular flexibility index (Phi) is 4.48. The number of likely N-dealkylation sites (N-methyl/N-ethyl adjacent to an activating group) is 1. The van der Waals surface area contributed by atoms with Gasteiger partial charge in [-0.05, 0) is 34.6 Å². The molecule has 1 heterocycles. The van der Waals surface area contributed by atoms with Crippen LogP contribution in [0.2, 0.25) is 0 Å². The van der Waals surface area contributed by atoms with E-state index in [1.807, 2.05) is 12.1 Å². The van der Waals surface area contributed by atoms with Gasteiger partial charge in [0, 0.05) is 7.11 Å². The van der Waals surface area contributed by atoms with E-state index in [0.29, 0.717) is 6.61 Å². The van der Waals surface area contributed by atoms with E-state index in [4.69, 9.17) is 9.15 Å². The van der Waals surface area contributed by atoms with Gasteiger partial charge in [0.25, 0.3) is 0 Å². The molecule has 74 valence electrons. The maximum Gasteiger partial charge on any atom is 0.169 e. The maximum absolute atomic E-state index is 5.42. The van der Waals surface area contributed by atoms with Gasteiger partial charge in [-0.3, -0.25) is 0 Å². The maximum atomic E-state index is 5.42. The number of furan rings is 1. The molecule has 0 saturated heterocycles. The summed E-state index contributed by atoms with van der Waals surface area (Å²) in [6.07, 6.45) is 0. The summed E-state index contributed by atoms with van der Waals surface area (Å²) in [5, 5.41) is 3.27. The zero-order chi connectivity index (χ0) is 9.68. The van der Waals surface area contributed by atoms with Crippen molar-refractivity contribution in [3.63, 3.8) is 0 Å². The summed E-state index contributed by atoms with van der Waals surface area (Å²) >= 11 is 3.27. The standard InChI is InChI=1S/C9H14BrNO2/c1-3-11-7(6-12-2)8-4-5-9(10)13-8/h4-5,7,11H,3,6H2,1-2H3. The van der Waals surface area contributed by atoms with Crippen LogP contribution in [0.1, 0.15) is 18.7 Å². The lowest BCUT2D eigenvalue weighted by Crippen LogP contribution is -2.24. The molecule has 0 aliphatic heterocycles. The Hall–Kier alpha value is -0.320.